The first kappa shape index (κ1) is 14.3. The Bertz CT molecular complexity index is 603. The van der Waals surface area contributed by atoms with Gasteiger partial charge in [-0.2, -0.15) is 0 Å². The molecule has 0 spiro atoms. The molecule has 1 N–H and O–H groups in total. The Hall–Kier alpha value is -2.16. The van der Waals surface area contributed by atoms with Crippen molar-refractivity contribution in [1.29, 1.82) is 0 Å². The van der Waals surface area contributed by atoms with Crippen molar-refractivity contribution in [2.24, 2.45) is 0 Å². The Kier molecular flexibility index (Phi) is 4.18. The van der Waals surface area contributed by atoms with Gasteiger partial charge in [0.1, 0.15) is 11.7 Å². The zero-order valence-corrected chi connectivity index (χ0v) is 11.5. The van der Waals surface area contributed by atoms with E-state index in [1.807, 2.05) is 12.1 Å². The smallest absolute Gasteiger partial charge is 0.315 e. The number of halogens is 1. The van der Waals surface area contributed by atoms with Gasteiger partial charge >= 0.3 is 5.97 Å². The number of carboxylic acid groups (broad SMARTS) is 1. The molecule has 2 aromatic rings. The minimum absolute atomic E-state index is 0.192. The number of aliphatic carboxylic acids is 1. The maximum Gasteiger partial charge on any atom is 0.315 e. The van der Waals surface area contributed by atoms with E-state index in [4.69, 9.17) is 0 Å². The molecule has 20 heavy (non-hydrogen) atoms. The predicted octanol–water partition coefficient (Wildman–Crippen LogP) is 4.17. The molecule has 0 bridgehead atoms. The normalized spacial score (nSPS) is 12.4. The summed E-state index contributed by atoms with van der Waals surface area (Å²) in [6.07, 6.45) is 0. The van der Waals surface area contributed by atoms with Crippen LogP contribution in [-0.2, 0) is 4.79 Å². The highest BCUT2D eigenvalue weighted by Gasteiger charge is 2.24. The van der Waals surface area contributed by atoms with Crippen molar-refractivity contribution in [2.45, 2.75) is 25.7 Å². The summed E-state index contributed by atoms with van der Waals surface area (Å²) in [5.41, 5.74) is 1.91. The van der Waals surface area contributed by atoms with Crippen LogP contribution in [0.3, 0.4) is 0 Å². The fourth-order valence-electron chi connectivity index (χ4n) is 2.24. The lowest BCUT2D eigenvalue weighted by Crippen LogP contribution is -2.14. The topological polar surface area (TPSA) is 37.3 Å². The highest BCUT2D eigenvalue weighted by molar-refractivity contribution is 5.80. The maximum absolute atomic E-state index is 13.8. The van der Waals surface area contributed by atoms with Crippen molar-refractivity contribution in [2.75, 3.05) is 0 Å². The monoisotopic (exact) mass is 272 g/mol. The summed E-state index contributed by atoms with van der Waals surface area (Å²) in [5, 5.41) is 9.42. The molecule has 0 amide bonds. The van der Waals surface area contributed by atoms with Crippen LogP contribution in [0.1, 0.15) is 42.4 Å². The first-order valence-corrected chi connectivity index (χ1v) is 6.57. The highest BCUT2D eigenvalue weighted by atomic mass is 19.1. The van der Waals surface area contributed by atoms with Crippen LogP contribution < -0.4 is 0 Å². The van der Waals surface area contributed by atoms with Gasteiger partial charge in [0.15, 0.2) is 0 Å². The molecule has 0 fully saturated rings. The molecule has 0 aliphatic carbocycles. The van der Waals surface area contributed by atoms with Gasteiger partial charge in [-0.05, 0) is 23.1 Å². The second kappa shape index (κ2) is 5.87. The summed E-state index contributed by atoms with van der Waals surface area (Å²) in [5.74, 6) is -2.14. The van der Waals surface area contributed by atoms with Crippen LogP contribution >= 0.6 is 0 Å². The Labute approximate surface area is 117 Å². The molecule has 0 saturated heterocycles. The molecule has 2 nitrogen and oxygen atoms in total. The van der Waals surface area contributed by atoms with Gasteiger partial charge in [0.2, 0.25) is 0 Å². The molecular weight excluding hydrogens is 255 g/mol. The van der Waals surface area contributed by atoms with Crippen molar-refractivity contribution in [3.8, 4) is 0 Å². The van der Waals surface area contributed by atoms with Crippen LogP contribution in [0.25, 0.3) is 0 Å². The van der Waals surface area contributed by atoms with Gasteiger partial charge in [0.25, 0.3) is 0 Å². The van der Waals surface area contributed by atoms with Gasteiger partial charge in [-0.3, -0.25) is 4.79 Å². The predicted molar refractivity (Wildman–Crippen MR) is 76.4 cm³/mol. The molecule has 3 heteroatoms. The highest BCUT2D eigenvalue weighted by Crippen LogP contribution is 2.28. The molecule has 0 aromatic heterocycles. The van der Waals surface area contributed by atoms with Crippen LogP contribution in [-0.4, -0.2) is 11.1 Å². The van der Waals surface area contributed by atoms with E-state index in [1.54, 1.807) is 24.3 Å². The van der Waals surface area contributed by atoms with E-state index in [1.165, 1.54) is 12.1 Å². The lowest BCUT2D eigenvalue weighted by Gasteiger charge is -2.15. The minimum Gasteiger partial charge on any atom is -0.481 e. The fraction of sp³-hybridized carbons (Fsp3) is 0.235. The molecule has 2 aromatic carbocycles. The molecule has 0 radical (unpaired) electrons. The quantitative estimate of drug-likeness (QED) is 0.907. The molecule has 104 valence electrons. The summed E-state index contributed by atoms with van der Waals surface area (Å²) in [6, 6.07) is 13.3. The SMILES string of the molecule is CC(C)c1ccc(C(C(=O)O)c2ccccc2F)cc1. The molecule has 0 aliphatic heterocycles. The summed E-state index contributed by atoms with van der Waals surface area (Å²) >= 11 is 0. The number of rotatable bonds is 4. The van der Waals surface area contributed by atoms with Crippen LogP contribution in [0.4, 0.5) is 4.39 Å². The Morgan fingerprint density at radius 2 is 1.55 bits per heavy atom. The van der Waals surface area contributed by atoms with Crippen molar-refractivity contribution in [3.05, 3.63) is 71.0 Å². The van der Waals surface area contributed by atoms with E-state index in [9.17, 15) is 14.3 Å². The van der Waals surface area contributed by atoms with Crippen molar-refractivity contribution in [1.82, 2.24) is 0 Å². The van der Waals surface area contributed by atoms with Crippen LogP contribution in [0.15, 0.2) is 48.5 Å². The second-order valence-corrected chi connectivity index (χ2v) is 5.11. The van der Waals surface area contributed by atoms with E-state index in [0.717, 1.165) is 5.56 Å². The summed E-state index contributed by atoms with van der Waals surface area (Å²) < 4.78 is 13.8. The van der Waals surface area contributed by atoms with E-state index in [-0.39, 0.29) is 5.56 Å². The molecule has 1 unspecified atom stereocenters. The fourth-order valence-corrected chi connectivity index (χ4v) is 2.24. The number of hydrogen-bond acceptors (Lipinski definition) is 1. The zero-order valence-electron chi connectivity index (χ0n) is 11.5. The third kappa shape index (κ3) is 2.87. The molecule has 1 atom stereocenters. The number of benzene rings is 2. The van der Waals surface area contributed by atoms with E-state index in [0.29, 0.717) is 11.5 Å². The van der Waals surface area contributed by atoms with Crippen molar-refractivity contribution in [3.63, 3.8) is 0 Å². The number of carbonyl (C=O) groups is 1. The van der Waals surface area contributed by atoms with Crippen molar-refractivity contribution < 1.29 is 14.3 Å². The van der Waals surface area contributed by atoms with Gasteiger partial charge in [-0.25, -0.2) is 4.39 Å². The molecule has 0 saturated carbocycles. The lowest BCUT2D eigenvalue weighted by molar-refractivity contribution is -0.137. The van der Waals surface area contributed by atoms with Crippen LogP contribution in [0.5, 0.6) is 0 Å². The van der Waals surface area contributed by atoms with E-state index in [2.05, 4.69) is 13.8 Å². The van der Waals surface area contributed by atoms with E-state index < -0.39 is 17.7 Å². The largest absolute Gasteiger partial charge is 0.481 e. The number of carboxylic acids is 1. The average Bonchev–Trinajstić information content (AvgIpc) is 2.41. The first-order chi connectivity index (χ1) is 9.50. The third-order valence-electron chi connectivity index (χ3n) is 3.40. The molecule has 0 aliphatic rings. The number of hydrogen-bond donors (Lipinski definition) is 1. The van der Waals surface area contributed by atoms with Gasteiger partial charge in [0.05, 0.1) is 0 Å². The molecule has 2 rings (SSSR count). The van der Waals surface area contributed by atoms with E-state index >= 15 is 0 Å². The van der Waals surface area contributed by atoms with Gasteiger partial charge < -0.3 is 5.11 Å². The van der Waals surface area contributed by atoms with Crippen LogP contribution in [0, 0.1) is 5.82 Å². The van der Waals surface area contributed by atoms with Crippen LogP contribution in [0.2, 0.25) is 0 Å². The van der Waals surface area contributed by atoms with Crippen molar-refractivity contribution >= 4 is 5.97 Å². The lowest BCUT2D eigenvalue weighted by atomic mass is 9.89. The first-order valence-electron chi connectivity index (χ1n) is 6.57. The second-order valence-electron chi connectivity index (χ2n) is 5.11. The summed E-state index contributed by atoms with van der Waals surface area (Å²) in [7, 11) is 0. The summed E-state index contributed by atoms with van der Waals surface area (Å²) in [6.45, 7) is 4.14. The standard InChI is InChI=1S/C17H17FO2/c1-11(2)12-7-9-13(10-8-12)16(17(19)20)14-5-3-4-6-15(14)18/h3-11,16H,1-2H3,(H,19,20). The Balaban J connectivity index is 2.44. The zero-order chi connectivity index (χ0) is 14.7. The van der Waals surface area contributed by atoms with Gasteiger partial charge in [0, 0.05) is 5.56 Å². The Morgan fingerprint density at radius 1 is 1.00 bits per heavy atom. The molecular formula is C17H17FO2. The van der Waals surface area contributed by atoms with Gasteiger partial charge in [-0.1, -0.05) is 56.3 Å². The molecule has 0 heterocycles. The Morgan fingerprint density at radius 3 is 2.05 bits per heavy atom. The third-order valence-corrected chi connectivity index (χ3v) is 3.40. The van der Waals surface area contributed by atoms with Gasteiger partial charge in [-0.15, -0.1) is 0 Å². The minimum atomic E-state index is -1.05. The summed E-state index contributed by atoms with van der Waals surface area (Å²) in [4.78, 5) is 11.5. The maximum atomic E-state index is 13.8. The average molecular weight is 272 g/mol.